The Kier molecular flexibility index (Phi) is 4.03. The highest BCUT2D eigenvalue weighted by Gasteiger charge is 2.18. The van der Waals surface area contributed by atoms with Gasteiger partial charge in [0.1, 0.15) is 12.4 Å². The van der Waals surface area contributed by atoms with Crippen LogP contribution in [0.5, 0.6) is 5.75 Å². The zero-order valence-electron chi connectivity index (χ0n) is 13.2. The molecule has 122 valence electrons. The standard InChI is InChI=1S/C17H22N4O2/c22-12-13-1-2-17-14(7-13)10-20(5-6-23-17)11-15-8-16-9-18-3-4-21(16)19-15/h1-2,7-8,18,22H,3-6,9-12H2. The van der Waals surface area contributed by atoms with Gasteiger partial charge in [-0.05, 0) is 23.8 Å². The first-order valence-corrected chi connectivity index (χ1v) is 8.16. The van der Waals surface area contributed by atoms with E-state index >= 15 is 0 Å². The normalized spacial score (nSPS) is 18.0. The number of hydrogen-bond donors (Lipinski definition) is 2. The van der Waals surface area contributed by atoms with Crippen molar-refractivity contribution in [1.29, 1.82) is 0 Å². The van der Waals surface area contributed by atoms with Gasteiger partial charge < -0.3 is 15.2 Å². The van der Waals surface area contributed by atoms with Gasteiger partial charge in [0.15, 0.2) is 0 Å². The topological polar surface area (TPSA) is 62.5 Å². The van der Waals surface area contributed by atoms with Crippen LogP contribution in [0.4, 0.5) is 0 Å². The lowest BCUT2D eigenvalue weighted by Crippen LogP contribution is -2.28. The molecule has 4 rings (SSSR count). The van der Waals surface area contributed by atoms with Crippen molar-refractivity contribution in [2.45, 2.75) is 32.8 Å². The molecule has 2 aromatic rings. The average molecular weight is 314 g/mol. The van der Waals surface area contributed by atoms with Gasteiger partial charge in [-0.25, -0.2) is 0 Å². The number of nitrogens with zero attached hydrogens (tertiary/aromatic N) is 3. The molecule has 0 unspecified atom stereocenters. The summed E-state index contributed by atoms with van der Waals surface area (Å²) >= 11 is 0. The number of aromatic nitrogens is 2. The number of nitrogens with one attached hydrogen (secondary N) is 1. The third kappa shape index (κ3) is 3.10. The van der Waals surface area contributed by atoms with Gasteiger partial charge in [-0.15, -0.1) is 0 Å². The SMILES string of the molecule is OCc1ccc2c(c1)CN(Cc1cc3n(n1)CCNC3)CCO2. The van der Waals surface area contributed by atoms with E-state index in [4.69, 9.17) is 9.84 Å². The number of hydrogen-bond acceptors (Lipinski definition) is 5. The van der Waals surface area contributed by atoms with Gasteiger partial charge in [-0.1, -0.05) is 6.07 Å². The predicted molar refractivity (Wildman–Crippen MR) is 85.9 cm³/mol. The van der Waals surface area contributed by atoms with E-state index in [9.17, 15) is 5.11 Å². The second kappa shape index (κ2) is 6.31. The molecule has 0 saturated carbocycles. The highest BCUT2D eigenvalue weighted by atomic mass is 16.5. The molecule has 0 fully saturated rings. The minimum absolute atomic E-state index is 0.0635. The summed E-state index contributed by atoms with van der Waals surface area (Å²) in [5, 5.41) is 17.4. The fourth-order valence-corrected chi connectivity index (χ4v) is 3.29. The number of ether oxygens (including phenoxy) is 1. The zero-order valence-corrected chi connectivity index (χ0v) is 13.2. The Hall–Kier alpha value is -1.89. The molecule has 2 aliphatic rings. The molecule has 0 spiro atoms. The van der Waals surface area contributed by atoms with Crippen molar-refractivity contribution < 1.29 is 9.84 Å². The highest BCUT2D eigenvalue weighted by molar-refractivity contribution is 5.37. The van der Waals surface area contributed by atoms with Crippen LogP contribution >= 0.6 is 0 Å². The number of rotatable bonds is 3. The van der Waals surface area contributed by atoms with E-state index in [1.807, 2.05) is 18.2 Å². The van der Waals surface area contributed by atoms with Gasteiger partial charge in [-0.3, -0.25) is 9.58 Å². The van der Waals surface area contributed by atoms with Crippen molar-refractivity contribution in [2.24, 2.45) is 0 Å². The van der Waals surface area contributed by atoms with E-state index in [1.54, 1.807) is 0 Å². The number of aliphatic hydroxyl groups is 1. The Morgan fingerprint density at radius 1 is 1.26 bits per heavy atom. The smallest absolute Gasteiger partial charge is 0.123 e. The largest absolute Gasteiger partial charge is 0.492 e. The van der Waals surface area contributed by atoms with E-state index in [0.29, 0.717) is 6.61 Å². The summed E-state index contributed by atoms with van der Waals surface area (Å²) in [7, 11) is 0. The summed E-state index contributed by atoms with van der Waals surface area (Å²) < 4.78 is 7.95. The van der Waals surface area contributed by atoms with Crippen molar-refractivity contribution in [1.82, 2.24) is 20.0 Å². The van der Waals surface area contributed by atoms with Crippen LogP contribution in [0.2, 0.25) is 0 Å². The molecule has 6 nitrogen and oxygen atoms in total. The summed E-state index contributed by atoms with van der Waals surface area (Å²) in [5.41, 5.74) is 4.45. The Morgan fingerprint density at radius 2 is 2.22 bits per heavy atom. The summed E-state index contributed by atoms with van der Waals surface area (Å²) in [4.78, 5) is 2.36. The molecule has 0 saturated heterocycles. The lowest BCUT2D eigenvalue weighted by Gasteiger charge is -2.18. The average Bonchev–Trinajstić information content (AvgIpc) is 2.87. The molecule has 0 radical (unpaired) electrons. The third-order valence-electron chi connectivity index (χ3n) is 4.47. The van der Waals surface area contributed by atoms with Gasteiger partial charge in [-0.2, -0.15) is 5.10 Å². The Balaban J connectivity index is 1.51. The zero-order chi connectivity index (χ0) is 15.6. The van der Waals surface area contributed by atoms with Crippen LogP contribution in [-0.2, 0) is 32.8 Å². The minimum Gasteiger partial charge on any atom is -0.492 e. The van der Waals surface area contributed by atoms with E-state index in [1.165, 1.54) is 5.69 Å². The van der Waals surface area contributed by atoms with E-state index in [-0.39, 0.29) is 6.61 Å². The van der Waals surface area contributed by atoms with E-state index in [2.05, 4.69) is 21.0 Å². The number of aliphatic hydroxyl groups excluding tert-OH is 1. The Labute approximate surface area is 135 Å². The van der Waals surface area contributed by atoms with Gasteiger partial charge in [0.25, 0.3) is 0 Å². The second-order valence-electron chi connectivity index (χ2n) is 6.19. The fraction of sp³-hybridized carbons (Fsp3) is 0.471. The lowest BCUT2D eigenvalue weighted by molar-refractivity contribution is 0.217. The molecule has 0 aliphatic carbocycles. The molecule has 23 heavy (non-hydrogen) atoms. The van der Waals surface area contributed by atoms with Crippen molar-refractivity contribution in [2.75, 3.05) is 19.7 Å². The van der Waals surface area contributed by atoms with Crippen LogP contribution in [0.15, 0.2) is 24.3 Å². The van der Waals surface area contributed by atoms with Crippen LogP contribution in [-0.4, -0.2) is 39.5 Å². The van der Waals surface area contributed by atoms with Crippen LogP contribution in [0.1, 0.15) is 22.5 Å². The number of fused-ring (bicyclic) bond motifs is 2. The molecule has 0 amide bonds. The molecular formula is C17H22N4O2. The van der Waals surface area contributed by atoms with Crippen molar-refractivity contribution >= 4 is 0 Å². The van der Waals surface area contributed by atoms with Crippen LogP contribution in [0.25, 0.3) is 0 Å². The Morgan fingerprint density at radius 3 is 3.09 bits per heavy atom. The predicted octanol–water partition coefficient (Wildman–Crippen LogP) is 0.873. The third-order valence-corrected chi connectivity index (χ3v) is 4.47. The lowest BCUT2D eigenvalue weighted by atomic mass is 10.1. The van der Waals surface area contributed by atoms with Crippen molar-refractivity contribution in [3.8, 4) is 5.75 Å². The maximum Gasteiger partial charge on any atom is 0.123 e. The summed E-state index contributed by atoms with van der Waals surface area (Å²) in [5.74, 6) is 0.929. The van der Waals surface area contributed by atoms with Crippen LogP contribution in [0, 0.1) is 0 Å². The number of benzene rings is 1. The first-order valence-electron chi connectivity index (χ1n) is 8.16. The highest BCUT2D eigenvalue weighted by Crippen LogP contribution is 2.25. The van der Waals surface area contributed by atoms with Gasteiger partial charge >= 0.3 is 0 Å². The molecule has 1 aromatic heterocycles. The second-order valence-corrected chi connectivity index (χ2v) is 6.19. The maximum atomic E-state index is 9.33. The van der Waals surface area contributed by atoms with Crippen molar-refractivity contribution in [3.63, 3.8) is 0 Å². The summed E-state index contributed by atoms with van der Waals surface area (Å²) in [6.07, 6.45) is 0. The molecule has 0 bridgehead atoms. The summed E-state index contributed by atoms with van der Waals surface area (Å²) in [6, 6.07) is 8.12. The molecule has 3 heterocycles. The van der Waals surface area contributed by atoms with Crippen LogP contribution in [0.3, 0.4) is 0 Å². The van der Waals surface area contributed by atoms with Gasteiger partial charge in [0.05, 0.1) is 24.5 Å². The maximum absolute atomic E-state index is 9.33. The molecule has 1 aromatic carbocycles. The van der Waals surface area contributed by atoms with Crippen molar-refractivity contribution in [3.05, 3.63) is 46.8 Å². The quantitative estimate of drug-likeness (QED) is 0.880. The first-order chi connectivity index (χ1) is 11.3. The molecule has 6 heteroatoms. The van der Waals surface area contributed by atoms with Crippen LogP contribution < -0.4 is 10.1 Å². The van der Waals surface area contributed by atoms with E-state index < -0.39 is 0 Å². The van der Waals surface area contributed by atoms with Gasteiger partial charge in [0.2, 0.25) is 0 Å². The molecule has 2 N–H and O–H groups in total. The molecule has 2 aliphatic heterocycles. The van der Waals surface area contributed by atoms with E-state index in [0.717, 1.165) is 61.8 Å². The molecular weight excluding hydrogens is 292 g/mol. The van der Waals surface area contributed by atoms with Gasteiger partial charge in [0, 0.05) is 38.3 Å². The minimum atomic E-state index is 0.0635. The fourth-order valence-electron chi connectivity index (χ4n) is 3.29. The first kappa shape index (κ1) is 14.7. The monoisotopic (exact) mass is 314 g/mol. The Bertz CT molecular complexity index is 674. The summed E-state index contributed by atoms with van der Waals surface area (Å²) in [6.45, 7) is 6.11. The molecule has 0 atom stereocenters.